The number of fused-ring (bicyclic) bond motifs is 4. The minimum absolute atomic E-state index is 0.117. The van der Waals surface area contributed by atoms with Crippen LogP contribution in [0.2, 0.25) is 0 Å². The van der Waals surface area contributed by atoms with Crippen LogP contribution in [0.4, 0.5) is 5.82 Å². The lowest BCUT2D eigenvalue weighted by atomic mass is 10.1. The zero-order valence-corrected chi connectivity index (χ0v) is 16.1. The van der Waals surface area contributed by atoms with E-state index < -0.39 is 0 Å². The summed E-state index contributed by atoms with van der Waals surface area (Å²) < 4.78 is 2.04. The van der Waals surface area contributed by atoms with Gasteiger partial charge in [0.2, 0.25) is 0 Å². The van der Waals surface area contributed by atoms with Gasteiger partial charge in [0.25, 0.3) is 0 Å². The van der Waals surface area contributed by atoms with Crippen molar-refractivity contribution < 1.29 is 0 Å². The normalized spacial score (nSPS) is 15.8. The van der Waals surface area contributed by atoms with E-state index in [1.165, 1.54) is 0 Å². The number of benzene rings is 2. The zero-order chi connectivity index (χ0) is 18.4. The monoisotopic (exact) mass is 375 g/mol. The van der Waals surface area contributed by atoms with Crippen molar-refractivity contribution in [2.75, 3.05) is 37.6 Å². The van der Waals surface area contributed by atoms with E-state index >= 15 is 0 Å². The van der Waals surface area contributed by atoms with E-state index in [0.29, 0.717) is 0 Å². The molecule has 0 N–H and O–H groups in total. The molecule has 27 heavy (non-hydrogen) atoms. The Kier molecular flexibility index (Phi) is 4.06. The second kappa shape index (κ2) is 6.59. The van der Waals surface area contributed by atoms with Gasteiger partial charge in [0, 0.05) is 41.7 Å². The number of pyridine rings is 1. The average molecular weight is 375 g/mol. The van der Waals surface area contributed by atoms with Gasteiger partial charge in [-0.2, -0.15) is 0 Å². The van der Waals surface area contributed by atoms with Crippen molar-refractivity contribution in [3.8, 4) is 0 Å². The molecule has 4 nitrogen and oxygen atoms in total. The smallest absolute Gasteiger partial charge is 0.196 e. The summed E-state index contributed by atoms with van der Waals surface area (Å²) in [5.41, 5.74) is 1.02. The van der Waals surface area contributed by atoms with E-state index in [-0.39, 0.29) is 5.43 Å². The number of nitrogens with zero attached hydrogens (tertiary/aromatic N) is 3. The molecule has 0 unspecified atom stereocenters. The molecule has 1 aliphatic rings. The highest BCUT2D eigenvalue weighted by molar-refractivity contribution is 7.25. The topological polar surface area (TPSA) is 36.4 Å². The maximum Gasteiger partial charge on any atom is 0.196 e. The minimum atomic E-state index is 0.117. The molecule has 5 rings (SSSR count). The third-order valence-corrected chi connectivity index (χ3v) is 6.69. The lowest BCUT2D eigenvalue weighted by molar-refractivity contribution is 0.271. The number of aromatic nitrogens is 1. The van der Waals surface area contributed by atoms with Crippen LogP contribution >= 0.6 is 11.3 Å². The van der Waals surface area contributed by atoms with Crippen LogP contribution in [0.5, 0.6) is 0 Å². The number of anilines is 1. The first-order valence-electron chi connectivity index (χ1n) is 9.48. The lowest BCUT2D eigenvalue weighted by Crippen LogP contribution is -2.46. The van der Waals surface area contributed by atoms with Crippen molar-refractivity contribution in [2.24, 2.45) is 0 Å². The fourth-order valence-corrected chi connectivity index (χ4v) is 5.19. The standard InChI is InChI=1S/C22H21N3OS/c1-2-24-11-13-25(14-12-24)22-21-19(15-7-3-5-9-17(15)23-22)20(26)16-8-4-6-10-18(16)27-21/h3-10H,2,11-14H2,1H3. The van der Waals surface area contributed by atoms with Crippen LogP contribution in [0.3, 0.4) is 0 Å². The molecule has 0 amide bonds. The number of piperazine rings is 1. The molecule has 0 atom stereocenters. The number of likely N-dealkylation sites (N-methyl/N-ethyl adjacent to an activating group) is 1. The third-order valence-electron chi connectivity index (χ3n) is 5.52. The summed E-state index contributed by atoms with van der Waals surface area (Å²) in [6, 6.07) is 15.9. The van der Waals surface area contributed by atoms with Crippen molar-refractivity contribution in [2.45, 2.75) is 6.92 Å². The Labute approximate surface area is 161 Å². The number of para-hydroxylation sites is 1. The van der Waals surface area contributed by atoms with Crippen LogP contribution < -0.4 is 10.3 Å². The first-order valence-corrected chi connectivity index (χ1v) is 10.3. The molecule has 0 saturated carbocycles. The Balaban J connectivity index is 1.83. The quantitative estimate of drug-likeness (QED) is 0.390. The highest BCUT2D eigenvalue weighted by atomic mass is 32.1. The van der Waals surface area contributed by atoms with Crippen LogP contribution in [0.25, 0.3) is 31.1 Å². The van der Waals surface area contributed by atoms with E-state index in [9.17, 15) is 4.79 Å². The van der Waals surface area contributed by atoms with Crippen molar-refractivity contribution in [3.63, 3.8) is 0 Å². The van der Waals surface area contributed by atoms with Gasteiger partial charge in [0.15, 0.2) is 5.43 Å². The van der Waals surface area contributed by atoms with Crippen LogP contribution in [-0.2, 0) is 0 Å². The van der Waals surface area contributed by atoms with Crippen molar-refractivity contribution in [3.05, 3.63) is 58.8 Å². The first kappa shape index (κ1) is 16.7. The molecule has 2 aromatic carbocycles. The Bertz CT molecular complexity index is 1210. The molecule has 4 aromatic rings. The Morgan fingerprint density at radius 3 is 2.44 bits per heavy atom. The summed E-state index contributed by atoms with van der Waals surface area (Å²) in [4.78, 5) is 23.2. The lowest BCUT2D eigenvalue weighted by Gasteiger charge is -2.35. The predicted molar refractivity (Wildman–Crippen MR) is 115 cm³/mol. The van der Waals surface area contributed by atoms with Gasteiger partial charge in [-0.25, -0.2) is 4.98 Å². The molecule has 0 radical (unpaired) electrons. The molecule has 3 heterocycles. The molecule has 0 bridgehead atoms. The van der Waals surface area contributed by atoms with E-state index in [1.807, 2.05) is 48.5 Å². The minimum Gasteiger partial charge on any atom is -0.353 e. The largest absolute Gasteiger partial charge is 0.353 e. The molecule has 1 aliphatic heterocycles. The molecule has 0 spiro atoms. The molecule has 5 heteroatoms. The molecular formula is C22H21N3OS. The van der Waals surface area contributed by atoms with Gasteiger partial charge < -0.3 is 9.80 Å². The number of rotatable bonds is 2. The van der Waals surface area contributed by atoms with Gasteiger partial charge >= 0.3 is 0 Å². The van der Waals surface area contributed by atoms with Gasteiger partial charge in [-0.3, -0.25) is 4.79 Å². The van der Waals surface area contributed by atoms with Crippen molar-refractivity contribution >= 4 is 48.2 Å². The van der Waals surface area contributed by atoms with E-state index in [2.05, 4.69) is 16.7 Å². The number of hydrogen-bond acceptors (Lipinski definition) is 5. The van der Waals surface area contributed by atoms with Gasteiger partial charge in [-0.15, -0.1) is 11.3 Å². The average Bonchev–Trinajstić information content (AvgIpc) is 2.73. The fraction of sp³-hybridized carbons (Fsp3) is 0.273. The van der Waals surface area contributed by atoms with Crippen LogP contribution in [-0.4, -0.2) is 42.6 Å². The molecule has 1 fully saturated rings. The summed E-state index contributed by atoms with van der Waals surface area (Å²) in [5, 5.41) is 2.57. The zero-order valence-electron chi connectivity index (χ0n) is 15.3. The summed E-state index contributed by atoms with van der Waals surface area (Å²) in [5.74, 6) is 0.965. The molecule has 136 valence electrons. The molecule has 1 saturated heterocycles. The predicted octanol–water partition coefficient (Wildman–Crippen LogP) is 4.10. The summed E-state index contributed by atoms with van der Waals surface area (Å²) in [7, 11) is 0. The third kappa shape index (κ3) is 2.69. The second-order valence-corrected chi connectivity index (χ2v) is 8.06. The summed E-state index contributed by atoms with van der Waals surface area (Å²) >= 11 is 1.69. The van der Waals surface area contributed by atoms with Crippen LogP contribution in [0.15, 0.2) is 53.3 Å². The van der Waals surface area contributed by atoms with Crippen molar-refractivity contribution in [1.29, 1.82) is 0 Å². The van der Waals surface area contributed by atoms with E-state index in [0.717, 1.165) is 69.6 Å². The SMILES string of the molecule is CCN1CCN(c2nc3ccccc3c3c(=O)c4ccccc4sc23)CC1. The van der Waals surface area contributed by atoms with E-state index in [4.69, 9.17) is 4.98 Å². The second-order valence-electron chi connectivity index (χ2n) is 7.01. The maximum absolute atomic E-state index is 13.4. The Morgan fingerprint density at radius 2 is 1.67 bits per heavy atom. The van der Waals surface area contributed by atoms with Crippen LogP contribution in [0.1, 0.15) is 6.92 Å². The summed E-state index contributed by atoms with van der Waals surface area (Å²) in [6.07, 6.45) is 0. The fourth-order valence-electron chi connectivity index (χ4n) is 3.98. The first-order chi connectivity index (χ1) is 13.3. The highest BCUT2D eigenvalue weighted by Crippen LogP contribution is 2.35. The van der Waals surface area contributed by atoms with Gasteiger partial charge in [0.1, 0.15) is 5.82 Å². The molecule has 2 aromatic heterocycles. The number of hydrogen-bond donors (Lipinski definition) is 0. The van der Waals surface area contributed by atoms with Gasteiger partial charge in [-0.1, -0.05) is 37.3 Å². The van der Waals surface area contributed by atoms with Crippen molar-refractivity contribution in [1.82, 2.24) is 9.88 Å². The van der Waals surface area contributed by atoms with Crippen LogP contribution in [0, 0.1) is 0 Å². The summed E-state index contributed by atoms with van der Waals surface area (Å²) in [6.45, 7) is 7.25. The highest BCUT2D eigenvalue weighted by Gasteiger charge is 2.22. The molecular weight excluding hydrogens is 354 g/mol. The maximum atomic E-state index is 13.4. The van der Waals surface area contributed by atoms with E-state index in [1.54, 1.807) is 11.3 Å². The van der Waals surface area contributed by atoms with Gasteiger partial charge in [-0.05, 0) is 24.7 Å². The molecule has 0 aliphatic carbocycles. The Hall–Kier alpha value is -2.50. The van der Waals surface area contributed by atoms with Gasteiger partial charge in [0.05, 0.1) is 15.6 Å². The Morgan fingerprint density at radius 1 is 0.963 bits per heavy atom.